The van der Waals surface area contributed by atoms with Gasteiger partial charge < -0.3 is 9.73 Å². The molecule has 0 aliphatic heterocycles. The van der Waals surface area contributed by atoms with Crippen LogP contribution in [0.1, 0.15) is 21.9 Å². The van der Waals surface area contributed by atoms with Gasteiger partial charge in [-0.3, -0.25) is 4.79 Å². The second-order valence-electron chi connectivity index (χ2n) is 3.03. The summed E-state index contributed by atoms with van der Waals surface area (Å²) in [6.45, 7) is 7.63. The van der Waals surface area contributed by atoms with Gasteiger partial charge in [-0.25, -0.2) is 0 Å². The molecule has 0 radical (unpaired) electrons. The number of amides is 1. The summed E-state index contributed by atoms with van der Waals surface area (Å²) in [6, 6.07) is 1.72. The van der Waals surface area contributed by atoms with Gasteiger partial charge in [-0.2, -0.15) is 0 Å². The number of nitrogens with one attached hydrogen (secondary N) is 1. The smallest absolute Gasteiger partial charge is 0.255 e. The molecule has 1 aromatic rings. The van der Waals surface area contributed by atoms with E-state index in [1.54, 1.807) is 13.0 Å². The van der Waals surface area contributed by atoms with Gasteiger partial charge in [-0.1, -0.05) is 22.5 Å². The van der Waals surface area contributed by atoms with Gasteiger partial charge in [-0.15, -0.1) is 0 Å². The van der Waals surface area contributed by atoms with Crippen LogP contribution < -0.4 is 5.32 Å². The molecule has 0 unspecified atom stereocenters. The molecule has 4 heteroatoms. The molecule has 0 aromatic carbocycles. The minimum Gasteiger partial charge on any atom is -0.466 e. The third-order valence-electron chi connectivity index (χ3n) is 1.73. The average Bonchev–Trinajstić information content (AvgIpc) is 2.41. The molecule has 0 spiro atoms. The van der Waals surface area contributed by atoms with Crippen LogP contribution >= 0.6 is 15.9 Å². The molecule has 0 bridgehead atoms. The molecule has 1 rings (SSSR count). The molecule has 0 atom stereocenters. The van der Waals surface area contributed by atoms with E-state index in [1.165, 1.54) is 0 Å². The van der Waals surface area contributed by atoms with E-state index in [1.807, 2.05) is 6.92 Å². The topological polar surface area (TPSA) is 42.2 Å². The summed E-state index contributed by atoms with van der Waals surface area (Å²) < 4.78 is 5.99. The van der Waals surface area contributed by atoms with Gasteiger partial charge in [0.1, 0.15) is 11.5 Å². The highest BCUT2D eigenvalue weighted by atomic mass is 79.9. The largest absolute Gasteiger partial charge is 0.466 e. The van der Waals surface area contributed by atoms with E-state index in [2.05, 4.69) is 27.8 Å². The van der Waals surface area contributed by atoms with Gasteiger partial charge in [0.15, 0.2) is 0 Å². The zero-order valence-electron chi connectivity index (χ0n) is 8.19. The number of halogens is 1. The Morgan fingerprint density at radius 1 is 1.64 bits per heavy atom. The van der Waals surface area contributed by atoms with Gasteiger partial charge in [0, 0.05) is 11.0 Å². The highest BCUT2D eigenvalue weighted by Crippen LogP contribution is 2.13. The Kier molecular flexibility index (Phi) is 3.52. The Labute approximate surface area is 91.3 Å². The molecule has 1 N–H and O–H groups in total. The van der Waals surface area contributed by atoms with Gasteiger partial charge in [0.25, 0.3) is 5.91 Å². The summed E-state index contributed by atoms with van der Waals surface area (Å²) in [5.74, 6) is 1.24. The Morgan fingerprint density at radius 3 is 2.71 bits per heavy atom. The average molecular weight is 258 g/mol. The molecule has 0 aliphatic carbocycles. The van der Waals surface area contributed by atoms with Crippen LogP contribution in [0.25, 0.3) is 0 Å². The molecule has 3 nitrogen and oxygen atoms in total. The van der Waals surface area contributed by atoms with Crippen LogP contribution in [0.3, 0.4) is 0 Å². The molecule has 0 saturated heterocycles. The normalized spacial score (nSPS) is 9.93. The lowest BCUT2D eigenvalue weighted by Gasteiger charge is -2.01. The van der Waals surface area contributed by atoms with Crippen LogP contribution in [-0.4, -0.2) is 12.5 Å². The lowest BCUT2D eigenvalue weighted by molar-refractivity contribution is 0.0956. The zero-order chi connectivity index (χ0) is 10.7. The van der Waals surface area contributed by atoms with Crippen LogP contribution in [0.15, 0.2) is 21.5 Å². The van der Waals surface area contributed by atoms with E-state index >= 15 is 0 Å². The molecule has 0 aliphatic rings. The van der Waals surface area contributed by atoms with Gasteiger partial charge >= 0.3 is 0 Å². The number of carbonyl (C=O) groups is 1. The van der Waals surface area contributed by atoms with Crippen molar-refractivity contribution in [1.29, 1.82) is 0 Å². The van der Waals surface area contributed by atoms with Crippen LogP contribution in [0, 0.1) is 13.8 Å². The Balaban J connectivity index is 2.69. The fourth-order valence-electron chi connectivity index (χ4n) is 1.13. The summed E-state index contributed by atoms with van der Waals surface area (Å²) in [6.07, 6.45) is 0. The molecule has 1 heterocycles. The Hall–Kier alpha value is -1.03. The van der Waals surface area contributed by atoms with Gasteiger partial charge in [-0.05, 0) is 19.9 Å². The maximum absolute atomic E-state index is 11.6. The van der Waals surface area contributed by atoms with E-state index in [0.29, 0.717) is 17.9 Å². The van der Waals surface area contributed by atoms with Crippen molar-refractivity contribution in [2.75, 3.05) is 6.54 Å². The number of rotatable bonds is 3. The fourth-order valence-corrected chi connectivity index (χ4v) is 1.27. The molecule has 0 fully saturated rings. The second kappa shape index (κ2) is 4.46. The van der Waals surface area contributed by atoms with Crippen molar-refractivity contribution in [2.24, 2.45) is 0 Å². The molecule has 14 heavy (non-hydrogen) atoms. The SMILES string of the molecule is C=C(Br)CNC(=O)c1cc(C)oc1C. The van der Waals surface area contributed by atoms with Crippen molar-refractivity contribution in [3.05, 3.63) is 34.2 Å². The van der Waals surface area contributed by atoms with E-state index < -0.39 is 0 Å². The summed E-state index contributed by atoms with van der Waals surface area (Å²) in [4.78, 5) is 11.6. The second-order valence-corrected chi connectivity index (χ2v) is 4.15. The van der Waals surface area contributed by atoms with Gasteiger partial charge in [0.2, 0.25) is 0 Å². The minimum absolute atomic E-state index is 0.139. The summed E-state index contributed by atoms with van der Waals surface area (Å²) in [5.41, 5.74) is 0.580. The third-order valence-corrected chi connectivity index (χ3v) is 2.01. The zero-order valence-corrected chi connectivity index (χ0v) is 9.77. The van der Waals surface area contributed by atoms with Crippen LogP contribution in [-0.2, 0) is 0 Å². The quantitative estimate of drug-likeness (QED) is 0.905. The van der Waals surface area contributed by atoms with Gasteiger partial charge in [0.05, 0.1) is 5.56 Å². The number of aryl methyl sites for hydroxylation is 2. The first-order chi connectivity index (χ1) is 6.50. The summed E-state index contributed by atoms with van der Waals surface area (Å²) in [5, 5.41) is 2.71. The van der Waals surface area contributed by atoms with E-state index in [0.717, 1.165) is 10.2 Å². The van der Waals surface area contributed by atoms with Crippen molar-refractivity contribution in [2.45, 2.75) is 13.8 Å². The monoisotopic (exact) mass is 257 g/mol. The lowest BCUT2D eigenvalue weighted by atomic mass is 10.2. The van der Waals surface area contributed by atoms with Crippen molar-refractivity contribution in [3.8, 4) is 0 Å². The first-order valence-corrected chi connectivity index (χ1v) is 4.98. The van der Waals surface area contributed by atoms with Crippen LogP contribution in [0.4, 0.5) is 0 Å². The first-order valence-electron chi connectivity index (χ1n) is 4.19. The van der Waals surface area contributed by atoms with E-state index in [9.17, 15) is 4.79 Å². The molecule has 76 valence electrons. The number of hydrogen-bond donors (Lipinski definition) is 1. The van der Waals surface area contributed by atoms with Crippen LogP contribution in [0.2, 0.25) is 0 Å². The summed E-state index contributed by atoms with van der Waals surface area (Å²) >= 11 is 3.17. The highest BCUT2D eigenvalue weighted by Gasteiger charge is 2.12. The van der Waals surface area contributed by atoms with E-state index in [-0.39, 0.29) is 5.91 Å². The maximum atomic E-state index is 11.6. The fraction of sp³-hybridized carbons (Fsp3) is 0.300. The van der Waals surface area contributed by atoms with Crippen molar-refractivity contribution < 1.29 is 9.21 Å². The number of hydrogen-bond acceptors (Lipinski definition) is 2. The Bertz CT molecular complexity index is 368. The third kappa shape index (κ3) is 2.73. The predicted octanol–water partition coefficient (Wildman–Crippen LogP) is 2.53. The predicted molar refractivity (Wildman–Crippen MR) is 58.6 cm³/mol. The summed E-state index contributed by atoms with van der Waals surface area (Å²) in [7, 11) is 0. The maximum Gasteiger partial charge on any atom is 0.255 e. The molecule has 1 amide bonds. The van der Waals surface area contributed by atoms with E-state index in [4.69, 9.17) is 4.42 Å². The molecular formula is C10H12BrNO2. The lowest BCUT2D eigenvalue weighted by Crippen LogP contribution is -2.24. The standard InChI is InChI=1S/C10H12BrNO2/c1-6(11)5-12-10(13)9-4-7(2)14-8(9)3/h4H,1,5H2,2-3H3,(H,12,13). The minimum atomic E-state index is -0.139. The van der Waals surface area contributed by atoms with Crippen LogP contribution in [0.5, 0.6) is 0 Å². The molecular weight excluding hydrogens is 246 g/mol. The van der Waals surface area contributed by atoms with Crippen molar-refractivity contribution in [1.82, 2.24) is 5.32 Å². The van der Waals surface area contributed by atoms with Crippen molar-refractivity contribution >= 4 is 21.8 Å². The number of carbonyl (C=O) groups excluding carboxylic acids is 1. The molecule has 1 aromatic heterocycles. The Morgan fingerprint density at radius 2 is 2.29 bits per heavy atom. The highest BCUT2D eigenvalue weighted by molar-refractivity contribution is 9.11. The number of furan rings is 1. The van der Waals surface area contributed by atoms with Crippen molar-refractivity contribution in [3.63, 3.8) is 0 Å². The first kappa shape index (κ1) is 11.0. The molecule has 0 saturated carbocycles.